The number of hydrogen-bond acceptors (Lipinski definition) is 4. The highest BCUT2D eigenvalue weighted by molar-refractivity contribution is 7.98. The fraction of sp³-hybridized carbons (Fsp3) is 0.190. The third kappa shape index (κ3) is 5.63. The molecule has 1 heterocycles. The van der Waals surface area contributed by atoms with E-state index in [2.05, 4.69) is 22.1 Å². The van der Waals surface area contributed by atoms with Gasteiger partial charge in [0.2, 0.25) is 0 Å². The Morgan fingerprint density at radius 3 is 2.38 bits per heavy atom. The minimum Gasteiger partial charge on any atom is -0.342 e. The lowest BCUT2D eigenvalue weighted by Crippen LogP contribution is -2.28. The van der Waals surface area contributed by atoms with E-state index in [-0.39, 0.29) is 11.9 Å². The van der Waals surface area contributed by atoms with Crippen molar-refractivity contribution >= 4 is 40.9 Å². The summed E-state index contributed by atoms with van der Waals surface area (Å²) in [7, 11) is 0. The molecule has 0 aliphatic rings. The lowest BCUT2D eigenvalue weighted by molar-refractivity contribution is 0.0937. The van der Waals surface area contributed by atoms with Gasteiger partial charge >= 0.3 is 0 Å². The van der Waals surface area contributed by atoms with Crippen LogP contribution in [0.5, 0.6) is 0 Å². The molecule has 2 aromatic carbocycles. The van der Waals surface area contributed by atoms with Gasteiger partial charge in [0.25, 0.3) is 5.91 Å². The van der Waals surface area contributed by atoms with Crippen molar-refractivity contribution in [3.05, 3.63) is 88.2 Å². The van der Waals surface area contributed by atoms with Crippen LogP contribution in [0.2, 0.25) is 10.0 Å². The van der Waals surface area contributed by atoms with E-state index < -0.39 is 0 Å². The molecule has 0 aliphatic heterocycles. The van der Waals surface area contributed by atoms with Gasteiger partial charge in [-0.15, -0.1) is 16.8 Å². The van der Waals surface area contributed by atoms with Crippen LogP contribution in [-0.2, 0) is 12.3 Å². The second kappa shape index (κ2) is 9.96. The van der Waals surface area contributed by atoms with Gasteiger partial charge in [0, 0.05) is 27.9 Å². The second-order valence-corrected chi connectivity index (χ2v) is 8.17. The van der Waals surface area contributed by atoms with Gasteiger partial charge in [-0.3, -0.25) is 4.79 Å². The highest BCUT2D eigenvalue weighted by Gasteiger charge is 2.20. The predicted octanol–water partition coefficient (Wildman–Crippen LogP) is 5.55. The molecule has 8 heteroatoms. The predicted molar refractivity (Wildman–Crippen MR) is 119 cm³/mol. The molecule has 0 unspecified atom stereocenters. The molecule has 1 aromatic heterocycles. The van der Waals surface area contributed by atoms with Crippen LogP contribution >= 0.6 is 35.0 Å². The lowest BCUT2D eigenvalue weighted by Gasteiger charge is -2.15. The summed E-state index contributed by atoms with van der Waals surface area (Å²) >= 11 is 13.4. The molecular weight excluding hydrogens is 427 g/mol. The van der Waals surface area contributed by atoms with E-state index in [1.807, 2.05) is 35.8 Å². The van der Waals surface area contributed by atoms with E-state index in [9.17, 15) is 4.79 Å². The highest BCUT2D eigenvalue weighted by atomic mass is 35.5. The van der Waals surface area contributed by atoms with Crippen LogP contribution in [0.15, 0.2) is 66.3 Å². The molecule has 3 rings (SSSR count). The van der Waals surface area contributed by atoms with Crippen molar-refractivity contribution in [2.24, 2.45) is 0 Å². The zero-order valence-electron chi connectivity index (χ0n) is 15.8. The number of thioether (sulfide) groups is 1. The number of carbonyl (C=O) groups excluding carboxylic acids is 1. The Kier molecular flexibility index (Phi) is 7.36. The number of carbonyl (C=O) groups is 1. The lowest BCUT2D eigenvalue weighted by atomic mass is 10.2. The van der Waals surface area contributed by atoms with Crippen molar-refractivity contribution in [1.29, 1.82) is 0 Å². The third-order valence-electron chi connectivity index (χ3n) is 4.18. The van der Waals surface area contributed by atoms with Gasteiger partial charge in [-0.1, -0.05) is 53.2 Å². The molecule has 1 N–H and O–H groups in total. The first-order chi connectivity index (χ1) is 14.0. The third-order valence-corrected chi connectivity index (χ3v) is 5.72. The number of amides is 1. The molecule has 3 aromatic rings. The quantitative estimate of drug-likeness (QED) is 0.363. The molecule has 0 saturated heterocycles. The number of benzene rings is 2. The Labute approximate surface area is 184 Å². The van der Waals surface area contributed by atoms with Gasteiger partial charge in [-0.05, 0) is 48.9 Å². The smallest absolute Gasteiger partial charge is 0.251 e. The van der Waals surface area contributed by atoms with Gasteiger partial charge in [0.15, 0.2) is 11.0 Å². The molecule has 1 atom stereocenters. The minimum absolute atomic E-state index is 0.197. The Bertz CT molecular complexity index is 987. The van der Waals surface area contributed by atoms with Crippen LogP contribution < -0.4 is 5.32 Å². The first-order valence-electron chi connectivity index (χ1n) is 8.95. The van der Waals surface area contributed by atoms with E-state index in [0.717, 1.165) is 16.5 Å². The van der Waals surface area contributed by atoms with E-state index in [0.29, 0.717) is 28.0 Å². The van der Waals surface area contributed by atoms with Gasteiger partial charge in [-0.2, -0.15) is 0 Å². The zero-order valence-corrected chi connectivity index (χ0v) is 18.1. The Morgan fingerprint density at radius 2 is 1.76 bits per heavy atom. The molecule has 0 radical (unpaired) electrons. The average molecular weight is 447 g/mol. The SMILES string of the molecule is C=CCn1c(SCc2ccc(Cl)cc2)nnc1[C@@H](C)NC(=O)c1ccc(Cl)cc1. The van der Waals surface area contributed by atoms with Crippen molar-refractivity contribution in [2.45, 2.75) is 30.4 Å². The molecular formula is C21H20Cl2N4OS. The van der Waals surface area contributed by atoms with Crippen LogP contribution in [0, 0.1) is 0 Å². The van der Waals surface area contributed by atoms with Crippen molar-refractivity contribution < 1.29 is 4.79 Å². The summed E-state index contributed by atoms with van der Waals surface area (Å²) in [6.07, 6.45) is 1.78. The first-order valence-corrected chi connectivity index (χ1v) is 10.7. The monoisotopic (exact) mass is 446 g/mol. The Morgan fingerprint density at radius 1 is 1.14 bits per heavy atom. The summed E-state index contributed by atoms with van der Waals surface area (Å²) in [4.78, 5) is 12.5. The maximum atomic E-state index is 12.5. The number of rotatable bonds is 8. The number of aromatic nitrogens is 3. The van der Waals surface area contributed by atoms with Crippen LogP contribution in [-0.4, -0.2) is 20.7 Å². The van der Waals surface area contributed by atoms with E-state index in [4.69, 9.17) is 23.2 Å². The standard InChI is InChI=1S/C21H20Cl2N4OS/c1-3-12-27-19(14(2)24-20(28)16-6-10-18(23)11-7-16)25-26-21(27)29-13-15-4-8-17(22)9-5-15/h3-11,14H,1,12-13H2,2H3,(H,24,28)/t14-/m1/s1. The van der Waals surface area contributed by atoms with Crippen molar-refractivity contribution in [3.8, 4) is 0 Å². The summed E-state index contributed by atoms with van der Waals surface area (Å²) in [5, 5.41) is 13.6. The zero-order chi connectivity index (χ0) is 20.8. The summed E-state index contributed by atoms with van der Waals surface area (Å²) in [5.41, 5.74) is 1.67. The van der Waals surface area contributed by atoms with Crippen LogP contribution in [0.4, 0.5) is 0 Å². The molecule has 1 amide bonds. The van der Waals surface area contributed by atoms with Crippen LogP contribution in [0.1, 0.15) is 34.7 Å². The van der Waals surface area contributed by atoms with Crippen molar-refractivity contribution in [1.82, 2.24) is 20.1 Å². The van der Waals surface area contributed by atoms with E-state index in [1.54, 1.807) is 42.1 Å². The fourth-order valence-corrected chi connectivity index (χ4v) is 3.86. The number of halogens is 2. The molecule has 0 bridgehead atoms. The average Bonchev–Trinajstić information content (AvgIpc) is 3.11. The summed E-state index contributed by atoms with van der Waals surface area (Å²) < 4.78 is 1.96. The molecule has 5 nitrogen and oxygen atoms in total. The Balaban J connectivity index is 1.72. The summed E-state index contributed by atoms with van der Waals surface area (Å²) in [5.74, 6) is 1.21. The maximum absolute atomic E-state index is 12.5. The van der Waals surface area contributed by atoms with E-state index in [1.165, 1.54) is 0 Å². The molecule has 29 heavy (non-hydrogen) atoms. The largest absolute Gasteiger partial charge is 0.342 e. The summed E-state index contributed by atoms with van der Waals surface area (Å²) in [6.45, 7) is 6.25. The maximum Gasteiger partial charge on any atom is 0.251 e. The van der Waals surface area contributed by atoms with E-state index >= 15 is 0 Å². The fourth-order valence-electron chi connectivity index (χ4n) is 2.70. The van der Waals surface area contributed by atoms with Gasteiger partial charge in [-0.25, -0.2) is 0 Å². The highest BCUT2D eigenvalue weighted by Crippen LogP contribution is 2.25. The minimum atomic E-state index is -0.324. The Hall–Kier alpha value is -2.28. The molecule has 0 spiro atoms. The molecule has 0 fully saturated rings. The number of nitrogens with one attached hydrogen (secondary N) is 1. The van der Waals surface area contributed by atoms with Crippen molar-refractivity contribution in [3.63, 3.8) is 0 Å². The van der Waals surface area contributed by atoms with Crippen LogP contribution in [0.3, 0.4) is 0 Å². The van der Waals surface area contributed by atoms with Gasteiger partial charge in [0.05, 0.1) is 6.04 Å². The molecule has 0 saturated carbocycles. The second-order valence-electron chi connectivity index (χ2n) is 6.36. The molecule has 150 valence electrons. The van der Waals surface area contributed by atoms with Crippen molar-refractivity contribution in [2.75, 3.05) is 0 Å². The van der Waals surface area contributed by atoms with Gasteiger partial charge < -0.3 is 9.88 Å². The number of nitrogens with zero attached hydrogens (tertiary/aromatic N) is 3. The summed E-state index contributed by atoms with van der Waals surface area (Å²) in [6, 6.07) is 14.1. The number of hydrogen-bond donors (Lipinski definition) is 1. The van der Waals surface area contributed by atoms with Crippen LogP contribution in [0.25, 0.3) is 0 Å². The number of allylic oxidation sites excluding steroid dienone is 1. The first kappa shape index (κ1) is 21.4. The molecule has 0 aliphatic carbocycles. The topological polar surface area (TPSA) is 59.8 Å². The normalized spacial score (nSPS) is 11.8. The van der Waals surface area contributed by atoms with Gasteiger partial charge in [0.1, 0.15) is 0 Å².